The Hall–Kier alpha value is -2.42. The number of hydrogen-bond donors (Lipinski definition) is 2. The Bertz CT molecular complexity index is 881. The number of amides is 1. The van der Waals surface area contributed by atoms with Crippen molar-refractivity contribution >= 4 is 15.9 Å². The molecule has 1 amide bonds. The van der Waals surface area contributed by atoms with Crippen molar-refractivity contribution in [1.29, 1.82) is 0 Å². The van der Waals surface area contributed by atoms with Crippen LogP contribution >= 0.6 is 0 Å². The second-order valence-electron chi connectivity index (χ2n) is 5.98. The van der Waals surface area contributed by atoms with E-state index in [9.17, 15) is 13.2 Å². The molecular weight excluding hydrogens is 356 g/mol. The average Bonchev–Trinajstić information content (AvgIpc) is 2.65. The van der Waals surface area contributed by atoms with Crippen LogP contribution in [0.4, 0.5) is 0 Å². The van der Waals surface area contributed by atoms with Crippen LogP contribution in [0, 0.1) is 0 Å². The predicted molar refractivity (Wildman–Crippen MR) is 95.0 cm³/mol. The van der Waals surface area contributed by atoms with Gasteiger partial charge in [0.25, 0.3) is 5.91 Å². The zero-order valence-corrected chi connectivity index (χ0v) is 14.9. The minimum absolute atomic E-state index is 0.111. The molecule has 1 heterocycles. The Balaban J connectivity index is 1.58. The SMILES string of the molecule is NC(=O)COc1ccc(S(=O)(=O)NCC2Cc3ccccc3CO2)cc1. The summed E-state index contributed by atoms with van der Waals surface area (Å²) in [5, 5.41) is 0. The third-order valence-electron chi connectivity index (χ3n) is 4.06. The summed E-state index contributed by atoms with van der Waals surface area (Å²) >= 11 is 0. The standard InChI is InChI=1S/C18H20N2O5S/c19-18(21)12-25-15-5-7-17(8-6-15)26(22,23)20-10-16-9-13-3-1-2-4-14(13)11-24-16/h1-8,16,20H,9-12H2,(H2,19,21). The van der Waals surface area contributed by atoms with E-state index in [0.29, 0.717) is 18.8 Å². The first-order valence-corrected chi connectivity index (χ1v) is 9.61. The molecule has 7 nitrogen and oxygen atoms in total. The fourth-order valence-corrected chi connectivity index (χ4v) is 3.76. The summed E-state index contributed by atoms with van der Waals surface area (Å²) in [7, 11) is -3.66. The molecule has 8 heteroatoms. The van der Waals surface area contributed by atoms with Gasteiger partial charge in [0, 0.05) is 13.0 Å². The summed E-state index contributed by atoms with van der Waals surface area (Å²) in [4.78, 5) is 10.8. The van der Waals surface area contributed by atoms with Gasteiger partial charge in [-0.25, -0.2) is 13.1 Å². The molecule has 0 fully saturated rings. The number of fused-ring (bicyclic) bond motifs is 1. The zero-order valence-electron chi connectivity index (χ0n) is 14.1. The monoisotopic (exact) mass is 376 g/mol. The molecule has 0 saturated carbocycles. The number of rotatable bonds is 7. The molecule has 0 aromatic heterocycles. The Morgan fingerprint density at radius 3 is 2.54 bits per heavy atom. The predicted octanol–water partition coefficient (Wildman–Crippen LogP) is 0.971. The molecule has 3 rings (SSSR count). The van der Waals surface area contributed by atoms with E-state index in [0.717, 1.165) is 5.56 Å². The smallest absolute Gasteiger partial charge is 0.255 e. The maximum absolute atomic E-state index is 12.4. The van der Waals surface area contributed by atoms with Gasteiger partial charge in [-0.1, -0.05) is 24.3 Å². The van der Waals surface area contributed by atoms with E-state index in [4.69, 9.17) is 15.2 Å². The Kier molecular flexibility index (Phi) is 5.55. The quantitative estimate of drug-likeness (QED) is 0.749. The molecule has 0 aliphatic carbocycles. The number of carbonyl (C=O) groups excluding carboxylic acids is 1. The Morgan fingerprint density at radius 1 is 1.15 bits per heavy atom. The lowest BCUT2D eigenvalue weighted by Gasteiger charge is -2.25. The highest BCUT2D eigenvalue weighted by atomic mass is 32.2. The molecule has 138 valence electrons. The number of nitrogens with one attached hydrogen (secondary N) is 1. The van der Waals surface area contributed by atoms with Gasteiger partial charge in [0.2, 0.25) is 10.0 Å². The van der Waals surface area contributed by atoms with Crippen LogP contribution in [0.3, 0.4) is 0 Å². The maximum Gasteiger partial charge on any atom is 0.255 e. The number of benzene rings is 2. The topological polar surface area (TPSA) is 108 Å². The van der Waals surface area contributed by atoms with E-state index in [1.807, 2.05) is 24.3 Å². The summed E-state index contributed by atoms with van der Waals surface area (Å²) in [6.45, 7) is 0.413. The summed E-state index contributed by atoms with van der Waals surface area (Å²) in [6, 6.07) is 13.7. The zero-order chi connectivity index (χ0) is 18.6. The molecule has 1 aliphatic rings. The minimum atomic E-state index is -3.66. The number of hydrogen-bond acceptors (Lipinski definition) is 5. The molecule has 26 heavy (non-hydrogen) atoms. The normalized spacial score (nSPS) is 16.7. The van der Waals surface area contributed by atoms with Gasteiger partial charge in [0.1, 0.15) is 5.75 Å². The van der Waals surface area contributed by atoms with Crippen molar-refractivity contribution in [2.75, 3.05) is 13.2 Å². The van der Waals surface area contributed by atoms with Crippen LogP contribution in [0.1, 0.15) is 11.1 Å². The molecule has 1 atom stereocenters. The first-order valence-electron chi connectivity index (χ1n) is 8.13. The number of primary amides is 1. The summed E-state index contributed by atoms with van der Waals surface area (Å²) in [5.41, 5.74) is 7.31. The van der Waals surface area contributed by atoms with E-state index in [-0.39, 0.29) is 24.2 Å². The fourth-order valence-electron chi connectivity index (χ4n) is 2.70. The molecule has 0 radical (unpaired) electrons. The number of nitrogens with two attached hydrogens (primary N) is 1. The second-order valence-corrected chi connectivity index (χ2v) is 7.75. The summed E-state index contributed by atoms with van der Waals surface area (Å²) in [5.74, 6) is -0.229. The number of ether oxygens (including phenoxy) is 2. The van der Waals surface area contributed by atoms with Gasteiger partial charge in [-0.05, 0) is 35.4 Å². The van der Waals surface area contributed by atoms with Crippen LogP contribution in [-0.4, -0.2) is 33.6 Å². The summed E-state index contributed by atoms with van der Waals surface area (Å²) in [6.07, 6.45) is 0.455. The van der Waals surface area contributed by atoms with Crippen LogP contribution in [-0.2, 0) is 32.6 Å². The van der Waals surface area contributed by atoms with Gasteiger partial charge in [-0.3, -0.25) is 4.79 Å². The molecule has 0 spiro atoms. The average molecular weight is 376 g/mol. The van der Waals surface area contributed by atoms with Crippen molar-refractivity contribution < 1.29 is 22.7 Å². The first kappa shape index (κ1) is 18.4. The molecule has 3 N–H and O–H groups in total. The first-order chi connectivity index (χ1) is 12.4. The van der Waals surface area contributed by atoms with Crippen LogP contribution < -0.4 is 15.2 Å². The van der Waals surface area contributed by atoms with Gasteiger partial charge >= 0.3 is 0 Å². The van der Waals surface area contributed by atoms with Crippen LogP contribution in [0.25, 0.3) is 0 Å². The van der Waals surface area contributed by atoms with Gasteiger partial charge in [0.05, 0.1) is 17.6 Å². The van der Waals surface area contributed by atoms with E-state index < -0.39 is 15.9 Å². The molecule has 1 aliphatic heterocycles. The van der Waals surface area contributed by atoms with Crippen molar-refractivity contribution in [3.05, 3.63) is 59.7 Å². The van der Waals surface area contributed by atoms with Crippen LogP contribution in [0.5, 0.6) is 5.75 Å². The lowest BCUT2D eigenvalue weighted by atomic mass is 9.99. The molecule has 0 saturated heterocycles. The van der Waals surface area contributed by atoms with Gasteiger partial charge < -0.3 is 15.2 Å². The van der Waals surface area contributed by atoms with Gasteiger partial charge in [-0.2, -0.15) is 0 Å². The minimum Gasteiger partial charge on any atom is -0.484 e. The van der Waals surface area contributed by atoms with Crippen molar-refractivity contribution in [2.45, 2.75) is 24.0 Å². The highest BCUT2D eigenvalue weighted by Crippen LogP contribution is 2.21. The van der Waals surface area contributed by atoms with E-state index in [2.05, 4.69) is 4.72 Å². The van der Waals surface area contributed by atoms with Crippen LogP contribution in [0.2, 0.25) is 0 Å². The number of carbonyl (C=O) groups is 1. The third kappa shape index (κ3) is 4.60. The summed E-state index contributed by atoms with van der Waals surface area (Å²) < 4.78 is 38.2. The lowest BCUT2D eigenvalue weighted by Crippen LogP contribution is -2.36. The Morgan fingerprint density at radius 2 is 1.85 bits per heavy atom. The second kappa shape index (κ2) is 7.86. The van der Waals surface area contributed by atoms with Crippen molar-refractivity contribution in [1.82, 2.24) is 4.72 Å². The van der Waals surface area contributed by atoms with Gasteiger partial charge in [0.15, 0.2) is 6.61 Å². The van der Waals surface area contributed by atoms with Crippen LogP contribution in [0.15, 0.2) is 53.4 Å². The van der Waals surface area contributed by atoms with Crippen molar-refractivity contribution in [3.8, 4) is 5.75 Å². The van der Waals surface area contributed by atoms with E-state index in [1.54, 1.807) is 0 Å². The lowest BCUT2D eigenvalue weighted by molar-refractivity contribution is -0.119. The maximum atomic E-state index is 12.4. The van der Waals surface area contributed by atoms with Crippen molar-refractivity contribution in [3.63, 3.8) is 0 Å². The molecular formula is C18H20N2O5S. The fraction of sp³-hybridized carbons (Fsp3) is 0.278. The number of sulfonamides is 1. The Labute approximate surface area is 152 Å². The van der Waals surface area contributed by atoms with E-state index in [1.165, 1.54) is 29.8 Å². The third-order valence-corrected chi connectivity index (χ3v) is 5.50. The largest absolute Gasteiger partial charge is 0.484 e. The molecule has 2 aromatic carbocycles. The molecule has 0 bridgehead atoms. The van der Waals surface area contributed by atoms with Crippen molar-refractivity contribution in [2.24, 2.45) is 5.73 Å². The van der Waals surface area contributed by atoms with Gasteiger partial charge in [-0.15, -0.1) is 0 Å². The molecule has 1 unspecified atom stereocenters. The highest BCUT2D eigenvalue weighted by molar-refractivity contribution is 7.89. The molecule has 2 aromatic rings. The highest BCUT2D eigenvalue weighted by Gasteiger charge is 2.22. The van der Waals surface area contributed by atoms with E-state index >= 15 is 0 Å².